The van der Waals surface area contributed by atoms with Crippen LogP contribution in [0.1, 0.15) is 32.8 Å². The molecule has 0 aromatic heterocycles. The van der Waals surface area contributed by atoms with E-state index in [1.165, 1.54) is 12.1 Å². The summed E-state index contributed by atoms with van der Waals surface area (Å²) in [5.41, 5.74) is 0.279. The Kier molecular flexibility index (Phi) is 5.25. The van der Waals surface area contributed by atoms with Crippen molar-refractivity contribution in [3.63, 3.8) is 0 Å². The van der Waals surface area contributed by atoms with Crippen LogP contribution in [0.4, 0.5) is 4.39 Å². The lowest BCUT2D eigenvalue weighted by atomic mass is 9.86. The van der Waals surface area contributed by atoms with Gasteiger partial charge in [-0.1, -0.05) is 32.9 Å². The normalized spacial score (nSPS) is 12.8. The summed E-state index contributed by atoms with van der Waals surface area (Å²) in [5, 5.41) is 11.6. The highest BCUT2D eigenvalue weighted by Crippen LogP contribution is 2.19. The predicted octanol–water partition coefficient (Wildman–Crippen LogP) is 2.37. The van der Waals surface area contributed by atoms with E-state index in [1.54, 1.807) is 32.9 Å². The van der Waals surface area contributed by atoms with E-state index in [2.05, 4.69) is 5.32 Å². The van der Waals surface area contributed by atoms with Gasteiger partial charge in [0.25, 0.3) is 0 Å². The van der Waals surface area contributed by atoms with Crippen LogP contribution in [-0.4, -0.2) is 23.0 Å². The second-order valence-electron chi connectivity index (χ2n) is 5.83. The highest BCUT2D eigenvalue weighted by molar-refractivity contribution is 5.84. The van der Waals surface area contributed by atoms with Crippen molar-refractivity contribution in [3.05, 3.63) is 35.6 Å². The topological polar surface area (TPSA) is 66.4 Å². The SMILES string of the molecule is CC(C)(C)[C@H](NC(=O)CCc1ccc(F)cc1)C(=O)O. The van der Waals surface area contributed by atoms with Crippen molar-refractivity contribution in [2.75, 3.05) is 0 Å². The third-order valence-electron chi connectivity index (χ3n) is 2.97. The number of benzene rings is 1. The number of hydrogen-bond donors (Lipinski definition) is 2. The lowest BCUT2D eigenvalue weighted by Crippen LogP contribution is -2.49. The molecule has 5 heteroatoms. The van der Waals surface area contributed by atoms with E-state index in [0.717, 1.165) is 5.56 Å². The first-order valence-electron chi connectivity index (χ1n) is 6.47. The number of hydrogen-bond acceptors (Lipinski definition) is 2. The van der Waals surface area contributed by atoms with Crippen molar-refractivity contribution in [1.82, 2.24) is 5.32 Å². The summed E-state index contributed by atoms with van der Waals surface area (Å²) in [6.07, 6.45) is 0.619. The number of aliphatic carboxylic acids is 1. The van der Waals surface area contributed by atoms with Gasteiger partial charge >= 0.3 is 5.97 Å². The molecule has 0 fully saturated rings. The molecule has 20 heavy (non-hydrogen) atoms. The fourth-order valence-electron chi connectivity index (χ4n) is 1.79. The Morgan fingerprint density at radius 2 is 1.80 bits per heavy atom. The smallest absolute Gasteiger partial charge is 0.326 e. The molecule has 0 radical (unpaired) electrons. The monoisotopic (exact) mass is 281 g/mol. The zero-order valence-corrected chi connectivity index (χ0v) is 11.9. The lowest BCUT2D eigenvalue weighted by molar-refractivity contribution is -0.144. The van der Waals surface area contributed by atoms with Crippen LogP contribution in [0.3, 0.4) is 0 Å². The van der Waals surface area contributed by atoms with E-state index in [-0.39, 0.29) is 18.1 Å². The van der Waals surface area contributed by atoms with Gasteiger partial charge in [-0.3, -0.25) is 4.79 Å². The van der Waals surface area contributed by atoms with Crippen molar-refractivity contribution < 1.29 is 19.1 Å². The third-order valence-corrected chi connectivity index (χ3v) is 2.97. The minimum absolute atomic E-state index is 0.172. The van der Waals surface area contributed by atoms with E-state index in [0.29, 0.717) is 6.42 Å². The van der Waals surface area contributed by atoms with Crippen LogP contribution in [-0.2, 0) is 16.0 Å². The molecule has 1 aromatic carbocycles. The zero-order valence-electron chi connectivity index (χ0n) is 11.9. The molecule has 0 heterocycles. The molecule has 1 aromatic rings. The van der Waals surface area contributed by atoms with Gasteiger partial charge in [-0.15, -0.1) is 0 Å². The van der Waals surface area contributed by atoms with Gasteiger partial charge in [-0.2, -0.15) is 0 Å². The highest BCUT2D eigenvalue weighted by atomic mass is 19.1. The van der Waals surface area contributed by atoms with Crippen LogP contribution < -0.4 is 5.32 Å². The molecule has 0 aliphatic rings. The van der Waals surface area contributed by atoms with Gasteiger partial charge in [0.05, 0.1) is 0 Å². The molecule has 0 bridgehead atoms. The van der Waals surface area contributed by atoms with Gasteiger partial charge < -0.3 is 10.4 Å². The molecule has 1 amide bonds. The predicted molar refractivity (Wildman–Crippen MR) is 73.7 cm³/mol. The number of amides is 1. The molecular weight excluding hydrogens is 261 g/mol. The molecule has 110 valence electrons. The number of carbonyl (C=O) groups is 2. The van der Waals surface area contributed by atoms with E-state index < -0.39 is 17.4 Å². The summed E-state index contributed by atoms with van der Waals surface area (Å²) in [5.74, 6) is -1.69. The first-order chi connectivity index (χ1) is 9.20. The molecule has 2 N–H and O–H groups in total. The zero-order chi connectivity index (χ0) is 15.3. The van der Waals surface area contributed by atoms with Gasteiger partial charge in [0.1, 0.15) is 11.9 Å². The molecule has 0 saturated heterocycles. The number of carboxylic acids is 1. The molecule has 4 nitrogen and oxygen atoms in total. The summed E-state index contributed by atoms with van der Waals surface area (Å²) in [6, 6.07) is 4.97. The number of aryl methyl sites for hydroxylation is 1. The summed E-state index contributed by atoms with van der Waals surface area (Å²) in [6.45, 7) is 5.27. The van der Waals surface area contributed by atoms with Gasteiger partial charge in [0.2, 0.25) is 5.91 Å². The first-order valence-corrected chi connectivity index (χ1v) is 6.47. The average Bonchev–Trinajstić information content (AvgIpc) is 2.33. The summed E-state index contributed by atoms with van der Waals surface area (Å²) in [4.78, 5) is 22.9. The van der Waals surface area contributed by atoms with Crippen molar-refractivity contribution in [1.29, 1.82) is 0 Å². The molecular formula is C15H20FNO3. The molecule has 0 unspecified atom stereocenters. The van der Waals surface area contributed by atoms with E-state index in [4.69, 9.17) is 5.11 Å². The number of rotatable bonds is 5. The van der Waals surface area contributed by atoms with Gasteiger partial charge in [-0.25, -0.2) is 9.18 Å². The van der Waals surface area contributed by atoms with Crippen LogP contribution in [0.15, 0.2) is 24.3 Å². The first kappa shape index (κ1) is 16.1. The van der Waals surface area contributed by atoms with Gasteiger partial charge in [0, 0.05) is 6.42 Å². The minimum Gasteiger partial charge on any atom is -0.480 e. The van der Waals surface area contributed by atoms with Crippen LogP contribution in [0.2, 0.25) is 0 Å². The summed E-state index contributed by atoms with van der Waals surface area (Å²) < 4.78 is 12.7. The Morgan fingerprint density at radius 1 is 1.25 bits per heavy atom. The maximum Gasteiger partial charge on any atom is 0.326 e. The fraction of sp³-hybridized carbons (Fsp3) is 0.467. The van der Waals surface area contributed by atoms with E-state index in [9.17, 15) is 14.0 Å². The maximum absolute atomic E-state index is 12.7. The van der Waals surface area contributed by atoms with Crippen molar-refractivity contribution in [3.8, 4) is 0 Å². The van der Waals surface area contributed by atoms with E-state index in [1.807, 2.05) is 0 Å². The average molecular weight is 281 g/mol. The second-order valence-corrected chi connectivity index (χ2v) is 5.83. The minimum atomic E-state index is -1.05. The van der Waals surface area contributed by atoms with Crippen molar-refractivity contribution >= 4 is 11.9 Å². The van der Waals surface area contributed by atoms with Crippen molar-refractivity contribution in [2.45, 2.75) is 39.7 Å². The van der Waals surface area contributed by atoms with Crippen LogP contribution in [0.25, 0.3) is 0 Å². The maximum atomic E-state index is 12.7. The van der Waals surface area contributed by atoms with Crippen LogP contribution >= 0.6 is 0 Å². The molecule has 1 atom stereocenters. The Hall–Kier alpha value is -1.91. The Balaban J connectivity index is 2.54. The van der Waals surface area contributed by atoms with Crippen LogP contribution in [0, 0.1) is 11.2 Å². The highest BCUT2D eigenvalue weighted by Gasteiger charge is 2.32. The van der Waals surface area contributed by atoms with Gasteiger partial charge in [-0.05, 0) is 29.5 Å². The Bertz CT molecular complexity index is 477. The standard InChI is InChI=1S/C15H20FNO3/c1-15(2,3)13(14(19)20)17-12(18)9-6-10-4-7-11(16)8-5-10/h4-5,7-8,13H,6,9H2,1-3H3,(H,17,18)(H,19,20)/t13-/m1/s1. The number of halogens is 1. The Morgan fingerprint density at radius 3 is 2.25 bits per heavy atom. The van der Waals surface area contributed by atoms with Crippen LogP contribution in [0.5, 0.6) is 0 Å². The third kappa shape index (κ3) is 4.99. The molecule has 0 aliphatic carbocycles. The Labute approximate surface area is 118 Å². The number of nitrogens with one attached hydrogen (secondary N) is 1. The lowest BCUT2D eigenvalue weighted by Gasteiger charge is -2.27. The molecule has 0 spiro atoms. The number of carboxylic acid groups (broad SMARTS) is 1. The largest absolute Gasteiger partial charge is 0.480 e. The van der Waals surface area contributed by atoms with E-state index >= 15 is 0 Å². The molecule has 1 rings (SSSR count). The van der Waals surface area contributed by atoms with Crippen molar-refractivity contribution in [2.24, 2.45) is 5.41 Å². The quantitative estimate of drug-likeness (QED) is 0.870. The summed E-state index contributed by atoms with van der Waals surface area (Å²) >= 11 is 0. The summed E-state index contributed by atoms with van der Waals surface area (Å²) in [7, 11) is 0. The molecule has 0 aliphatic heterocycles. The fourth-order valence-corrected chi connectivity index (χ4v) is 1.79. The second kappa shape index (κ2) is 6.50. The molecule has 0 saturated carbocycles. The number of carbonyl (C=O) groups excluding carboxylic acids is 1. The van der Waals surface area contributed by atoms with Gasteiger partial charge in [0.15, 0.2) is 0 Å².